The predicted molar refractivity (Wildman–Crippen MR) is 194 cm³/mol. The molecule has 272 valence electrons. The van der Waals surface area contributed by atoms with E-state index in [0.717, 1.165) is 24.0 Å². The summed E-state index contributed by atoms with van der Waals surface area (Å²) in [7, 11) is 0. The van der Waals surface area contributed by atoms with Crippen LogP contribution in [0.5, 0.6) is 0 Å². The molecule has 1 aliphatic carbocycles. The first-order valence-electron chi connectivity index (χ1n) is 17.0. The van der Waals surface area contributed by atoms with Crippen molar-refractivity contribution in [2.45, 2.75) is 38.1 Å². The number of nitrogens with one attached hydrogen (secondary N) is 4. The zero-order chi connectivity index (χ0) is 37.0. The molecule has 0 unspecified atom stereocenters. The second kappa shape index (κ2) is 17.8. The molecule has 0 spiro atoms. The van der Waals surface area contributed by atoms with E-state index in [2.05, 4.69) is 36.6 Å². The number of hydrogen-bond donors (Lipinski definition) is 7. The van der Waals surface area contributed by atoms with Crippen LogP contribution in [0.3, 0.4) is 0 Å². The number of nitrogens with two attached hydrogens (primary N) is 3. The summed E-state index contributed by atoms with van der Waals surface area (Å²) in [6.45, 7) is -0.471. The number of tetrazole rings is 1. The van der Waals surface area contributed by atoms with Crippen LogP contribution in [0.15, 0.2) is 72.8 Å². The Morgan fingerprint density at radius 1 is 0.885 bits per heavy atom. The van der Waals surface area contributed by atoms with Gasteiger partial charge in [-0.2, -0.15) is 5.21 Å². The van der Waals surface area contributed by atoms with Crippen molar-refractivity contribution in [2.24, 2.45) is 29.0 Å². The minimum Gasteiger partial charge on any atom is -0.368 e. The van der Waals surface area contributed by atoms with Gasteiger partial charge in [-0.1, -0.05) is 42.5 Å². The Kier molecular flexibility index (Phi) is 12.7. The lowest BCUT2D eigenvalue weighted by Gasteiger charge is -2.28. The van der Waals surface area contributed by atoms with Crippen molar-refractivity contribution in [1.82, 2.24) is 31.3 Å². The van der Waals surface area contributed by atoms with Gasteiger partial charge in [0.25, 0.3) is 0 Å². The number of anilines is 2. The molecule has 1 aromatic heterocycles. The Bertz CT molecular complexity index is 1840. The maximum absolute atomic E-state index is 13.7. The third-order valence-corrected chi connectivity index (χ3v) is 9.08. The van der Waals surface area contributed by atoms with E-state index < -0.39 is 30.3 Å². The zero-order valence-corrected chi connectivity index (χ0v) is 28.6. The summed E-state index contributed by atoms with van der Waals surface area (Å²) >= 11 is 0. The van der Waals surface area contributed by atoms with E-state index >= 15 is 0 Å². The molecular formula is C36H43N11O5. The average Bonchev–Trinajstić information content (AvgIpc) is 3.71. The second-order valence-corrected chi connectivity index (χ2v) is 12.7. The van der Waals surface area contributed by atoms with Crippen LogP contribution in [0.1, 0.15) is 31.2 Å². The minimum atomic E-state index is -0.887. The number of primary amides is 1. The fourth-order valence-electron chi connectivity index (χ4n) is 6.19. The third-order valence-electron chi connectivity index (χ3n) is 9.08. The molecule has 0 aliphatic heterocycles. The van der Waals surface area contributed by atoms with Gasteiger partial charge in [0.1, 0.15) is 12.6 Å². The number of hydrogen-bond acceptors (Lipinski definition) is 10. The molecule has 1 heterocycles. The van der Waals surface area contributed by atoms with Gasteiger partial charge in [0.15, 0.2) is 0 Å². The largest absolute Gasteiger partial charge is 0.368 e. The Balaban J connectivity index is 1.35. The van der Waals surface area contributed by atoms with Crippen LogP contribution in [0.2, 0.25) is 0 Å². The SMILES string of the molecule is NCC(=O)NCC(=O)N(CC(N)=O)c1ccccc1-c1ccc(C[C@H](NC(=O)C2CCC(CN)CC2)C(=O)Nc2ccc(-c3nn[nH]n3)cc2)cc1. The number of nitrogens with zero attached hydrogens (tertiary/aromatic N) is 4. The topological polar surface area (TPSA) is 257 Å². The lowest BCUT2D eigenvalue weighted by Crippen LogP contribution is -2.48. The van der Waals surface area contributed by atoms with Gasteiger partial charge in [-0.15, -0.1) is 10.2 Å². The third kappa shape index (κ3) is 9.82. The number of carbonyl (C=O) groups is 5. The Morgan fingerprint density at radius 3 is 2.21 bits per heavy atom. The molecule has 52 heavy (non-hydrogen) atoms. The van der Waals surface area contributed by atoms with Crippen molar-refractivity contribution in [3.8, 4) is 22.5 Å². The number of aromatic nitrogens is 4. The van der Waals surface area contributed by atoms with Crippen LogP contribution in [0, 0.1) is 11.8 Å². The van der Waals surface area contributed by atoms with Gasteiger partial charge >= 0.3 is 0 Å². The van der Waals surface area contributed by atoms with Crippen molar-refractivity contribution in [3.63, 3.8) is 0 Å². The number of para-hydroxylation sites is 1. The van der Waals surface area contributed by atoms with E-state index in [0.29, 0.717) is 53.6 Å². The molecule has 1 atom stereocenters. The average molecular weight is 710 g/mol. The number of carbonyl (C=O) groups excluding carboxylic acids is 5. The maximum atomic E-state index is 13.7. The second-order valence-electron chi connectivity index (χ2n) is 12.7. The molecule has 0 radical (unpaired) electrons. The number of rotatable bonds is 15. The Hall–Kier alpha value is -6.00. The van der Waals surface area contributed by atoms with Gasteiger partial charge in [-0.05, 0) is 84.8 Å². The van der Waals surface area contributed by atoms with Crippen LogP contribution in [0.4, 0.5) is 11.4 Å². The van der Waals surface area contributed by atoms with Crippen LogP contribution in [-0.4, -0.2) is 82.4 Å². The summed E-state index contributed by atoms with van der Waals surface area (Å²) in [5.41, 5.74) is 20.5. The highest BCUT2D eigenvalue weighted by Crippen LogP contribution is 2.32. The van der Waals surface area contributed by atoms with Crippen molar-refractivity contribution >= 4 is 40.9 Å². The summed E-state index contributed by atoms with van der Waals surface area (Å²) in [6, 6.07) is 20.4. The van der Waals surface area contributed by atoms with Crippen LogP contribution in [-0.2, 0) is 30.4 Å². The monoisotopic (exact) mass is 709 g/mol. The normalized spacial score (nSPS) is 16.0. The molecule has 5 amide bonds. The zero-order valence-electron chi connectivity index (χ0n) is 28.6. The van der Waals surface area contributed by atoms with E-state index in [-0.39, 0.29) is 37.2 Å². The molecule has 10 N–H and O–H groups in total. The van der Waals surface area contributed by atoms with Crippen molar-refractivity contribution in [2.75, 3.05) is 36.4 Å². The predicted octanol–water partition coefficient (Wildman–Crippen LogP) is 0.858. The molecular weight excluding hydrogens is 666 g/mol. The Labute approximate surface area is 300 Å². The quantitative estimate of drug-likeness (QED) is 0.0916. The van der Waals surface area contributed by atoms with Crippen molar-refractivity contribution in [1.29, 1.82) is 0 Å². The van der Waals surface area contributed by atoms with Crippen molar-refractivity contribution in [3.05, 3.63) is 78.4 Å². The van der Waals surface area contributed by atoms with E-state index in [1.165, 1.54) is 4.90 Å². The summed E-state index contributed by atoms with van der Waals surface area (Å²) in [5, 5.41) is 22.3. The first-order valence-corrected chi connectivity index (χ1v) is 17.0. The number of benzene rings is 3. The fraction of sp³-hybridized carbons (Fsp3) is 0.333. The van der Waals surface area contributed by atoms with Crippen molar-refractivity contribution < 1.29 is 24.0 Å². The number of amides is 5. The maximum Gasteiger partial charge on any atom is 0.247 e. The lowest BCUT2D eigenvalue weighted by molar-refractivity contribution is -0.130. The first-order chi connectivity index (χ1) is 25.1. The van der Waals surface area contributed by atoms with Crippen LogP contribution >= 0.6 is 0 Å². The Morgan fingerprint density at radius 2 is 1.58 bits per heavy atom. The van der Waals surface area contributed by atoms with Crippen LogP contribution < -0.4 is 38.1 Å². The molecule has 0 saturated heterocycles. The molecule has 1 fully saturated rings. The molecule has 0 bridgehead atoms. The summed E-state index contributed by atoms with van der Waals surface area (Å²) in [6.07, 6.45) is 3.36. The number of aromatic amines is 1. The molecule has 4 aromatic rings. The van der Waals surface area contributed by atoms with Gasteiger partial charge < -0.3 is 38.1 Å². The van der Waals surface area contributed by atoms with E-state index in [4.69, 9.17) is 17.2 Å². The van der Waals surface area contributed by atoms with Gasteiger partial charge in [0, 0.05) is 29.2 Å². The smallest absolute Gasteiger partial charge is 0.247 e. The highest BCUT2D eigenvalue weighted by molar-refractivity contribution is 6.03. The minimum absolute atomic E-state index is 0.171. The molecule has 16 nitrogen and oxygen atoms in total. The summed E-state index contributed by atoms with van der Waals surface area (Å²) in [4.78, 5) is 65.2. The molecule has 1 saturated carbocycles. The van der Waals surface area contributed by atoms with Gasteiger partial charge in [0.05, 0.1) is 18.8 Å². The summed E-state index contributed by atoms with van der Waals surface area (Å²) < 4.78 is 0. The standard InChI is InChI=1S/C36H43N11O5/c37-18-23-7-11-26(12-8-23)35(51)42-29(36(52)41-27-15-13-25(14-16-27)34-43-45-46-44-34)17-22-5-9-24(10-6-22)28-3-1-2-4-30(28)47(21-31(39)48)33(50)20-40-32(49)19-38/h1-6,9-10,13-16,23,26,29H,7-8,11-12,17-21,37-38H2,(H2,39,48)(H,40,49)(H,41,52)(H,42,51)(H,43,44,45,46)/t23?,26?,29-/m0/s1. The van der Waals surface area contributed by atoms with E-state index in [9.17, 15) is 24.0 Å². The highest BCUT2D eigenvalue weighted by Gasteiger charge is 2.30. The number of H-pyrrole nitrogens is 1. The lowest BCUT2D eigenvalue weighted by atomic mass is 9.81. The summed E-state index contributed by atoms with van der Waals surface area (Å²) in [5.74, 6) is -1.73. The van der Waals surface area contributed by atoms with E-state index in [1.807, 2.05) is 24.3 Å². The molecule has 1 aliphatic rings. The van der Waals surface area contributed by atoms with Crippen LogP contribution in [0.25, 0.3) is 22.5 Å². The van der Waals surface area contributed by atoms with Gasteiger partial charge in [-0.3, -0.25) is 24.0 Å². The van der Waals surface area contributed by atoms with E-state index in [1.54, 1.807) is 48.5 Å². The fourth-order valence-corrected chi connectivity index (χ4v) is 6.19. The first kappa shape index (κ1) is 37.3. The molecule has 16 heteroatoms. The van der Waals surface area contributed by atoms with Gasteiger partial charge in [-0.25, -0.2) is 0 Å². The highest BCUT2D eigenvalue weighted by atomic mass is 16.2. The molecule has 5 rings (SSSR count). The van der Waals surface area contributed by atoms with Gasteiger partial charge in [0.2, 0.25) is 35.4 Å². The molecule has 3 aromatic carbocycles.